The third-order valence-electron chi connectivity index (χ3n) is 4.37. The molecule has 3 aromatic rings. The highest BCUT2D eigenvalue weighted by Gasteiger charge is 2.14. The van der Waals surface area contributed by atoms with Crippen LogP contribution in [0.2, 0.25) is 0 Å². The minimum atomic E-state index is 0.0113. The molecule has 0 fully saturated rings. The maximum Gasteiger partial charge on any atom is 0.227 e. The second-order valence-corrected chi connectivity index (χ2v) is 6.58. The number of rotatable bonds is 6. The fourth-order valence-electron chi connectivity index (χ4n) is 2.67. The Morgan fingerprint density at radius 1 is 1.08 bits per heavy atom. The van der Waals surface area contributed by atoms with Gasteiger partial charge in [0.25, 0.3) is 0 Å². The van der Waals surface area contributed by atoms with Crippen molar-refractivity contribution in [1.29, 1.82) is 0 Å². The van der Waals surface area contributed by atoms with E-state index in [1.807, 2.05) is 42.5 Å². The van der Waals surface area contributed by atoms with Crippen molar-refractivity contribution in [2.24, 2.45) is 0 Å². The van der Waals surface area contributed by atoms with Gasteiger partial charge in [-0.3, -0.25) is 4.79 Å². The fourth-order valence-corrected chi connectivity index (χ4v) is 2.67. The molecule has 0 spiro atoms. The Kier molecular flexibility index (Phi) is 5.46. The van der Waals surface area contributed by atoms with Gasteiger partial charge in [0, 0.05) is 31.1 Å². The molecule has 0 N–H and O–H groups in total. The molecule has 0 aliphatic rings. The van der Waals surface area contributed by atoms with Crippen LogP contribution in [0.5, 0.6) is 0 Å². The molecular formula is C21H23N3O2. The molecule has 0 unspecified atom stereocenters. The Bertz CT molecular complexity index is 854. The SMILES string of the molecule is CC(C)c1ccc(-c2noc(CCC(=O)N(C)c3ccccc3)n2)cc1. The van der Waals surface area contributed by atoms with E-state index in [-0.39, 0.29) is 5.91 Å². The van der Waals surface area contributed by atoms with Crippen LogP contribution in [0.4, 0.5) is 5.69 Å². The van der Waals surface area contributed by atoms with Crippen LogP contribution in [0.25, 0.3) is 11.4 Å². The molecule has 0 saturated heterocycles. The zero-order chi connectivity index (χ0) is 18.5. The number of benzene rings is 2. The zero-order valence-electron chi connectivity index (χ0n) is 15.3. The zero-order valence-corrected chi connectivity index (χ0v) is 15.3. The third-order valence-corrected chi connectivity index (χ3v) is 4.37. The van der Waals surface area contributed by atoms with Crippen molar-refractivity contribution in [3.63, 3.8) is 0 Å². The van der Waals surface area contributed by atoms with Crippen LogP contribution < -0.4 is 4.90 Å². The Balaban J connectivity index is 1.61. The van der Waals surface area contributed by atoms with Crippen LogP contribution in [-0.4, -0.2) is 23.1 Å². The summed E-state index contributed by atoms with van der Waals surface area (Å²) < 4.78 is 5.30. The lowest BCUT2D eigenvalue weighted by Crippen LogP contribution is -2.26. The molecule has 0 bridgehead atoms. The molecule has 0 aliphatic carbocycles. The maximum absolute atomic E-state index is 12.3. The molecule has 3 rings (SSSR count). The smallest absolute Gasteiger partial charge is 0.227 e. The summed E-state index contributed by atoms with van der Waals surface area (Å²) in [4.78, 5) is 18.4. The number of anilines is 1. The van der Waals surface area contributed by atoms with Crippen molar-refractivity contribution in [2.75, 3.05) is 11.9 Å². The van der Waals surface area contributed by atoms with E-state index in [4.69, 9.17) is 4.52 Å². The molecule has 26 heavy (non-hydrogen) atoms. The van der Waals surface area contributed by atoms with Gasteiger partial charge in [-0.05, 0) is 23.6 Å². The van der Waals surface area contributed by atoms with Crippen LogP contribution in [0.15, 0.2) is 59.1 Å². The van der Waals surface area contributed by atoms with Crippen LogP contribution in [0.3, 0.4) is 0 Å². The van der Waals surface area contributed by atoms with Gasteiger partial charge in [-0.2, -0.15) is 4.98 Å². The standard InChI is InChI=1S/C21H23N3O2/c1-15(2)16-9-11-17(12-10-16)21-22-19(26-23-21)13-14-20(25)24(3)18-7-5-4-6-8-18/h4-12,15H,13-14H2,1-3H3. The van der Waals surface area contributed by atoms with Crippen molar-refractivity contribution in [3.8, 4) is 11.4 Å². The molecule has 134 valence electrons. The molecule has 2 aromatic carbocycles. The van der Waals surface area contributed by atoms with Crippen molar-refractivity contribution < 1.29 is 9.32 Å². The van der Waals surface area contributed by atoms with Gasteiger partial charge in [0.2, 0.25) is 17.6 Å². The number of hydrogen-bond acceptors (Lipinski definition) is 4. The van der Waals surface area contributed by atoms with E-state index in [0.29, 0.717) is 30.5 Å². The number of amides is 1. The van der Waals surface area contributed by atoms with E-state index >= 15 is 0 Å². The lowest BCUT2D eigenvalue weighted by atomic mass is 10.0. The highest BCUT2D eigenvalue weighted by atomic mass is 16.5. The summed E-state index contributed by atoms with van der Waals surface area (Å²) in [7, 11) is 1.77. The van der Waals surface area contributed by atoms with Gasteiger partial charge in [-0.15, -0.1) is 0 Å². The van der Waals surface area contributed by atoms with Crippen molar-refractivity contribution in [1.82, 2.24) is 10.1 Å². The van der Waals surface area contributed by atoms with Gasteiger partial charge in [0.05, 0.1) is 0 Å². The lowest BCUT2D eigenvalue weighted by molar-refractivity contribution is -0.118. The van der Waals surface area contributed by atoms with Crippen molar-refractivity contribution >= 4 is 11.6 Å². The largest absolute Gasteiger partial charge is 0.339 e. The molecule has 1 aromatic heterocycles. The van der Waals surface area contributed by atoms with E-state index in [9.17, 15) is 4.79 Å². The first-order valence-corrected chi connectivity index (χ1v) is 8.79. The minimum absolute atomic E-state index is 0.0113. The Labute approximate surface area is 153 Å². The average molecular weight is 349 g/mol. The molecule has 0 aliphatic heterocycles. The maximum atomic E-state index is 12.3. The van der Waals surface area contributed by atoms with E-state index in [1.165, 1.54) is 5.56 Å². The first kappa shape index (κ1) is 17.9. The van der Waals surface area contributed by atoms with Crippen LogP contribution in [0, 0.1) is 0 Å². The normalized spacial score (nSPS) is 10.9. The molecular weight excluding hydrogens is 326 g/mol. The first-order valence-electron chi connectivity index (χ1n) is 8.79. The summed E-state index contributed by atoms with van der Waals surface area (Å²) in [6.45, 7) is 4.32. The number of hydrogen-bond donors (Lipinski definition) is 0. The average Bonchev–Trinajstić information content (AvgIpc) is 3.15. The topological polar surface area (TPSA) is 59.2 Å². The summed E-state index contributed by atoms with van der Waals surface area (Å²) in [6.07, 6.45) is 0.742. The van der Waals surface area contributed by atoms with E-state index in [0.717, 1.165) is 11.3 Å². The van der Waals surface area contributed by atoms with Crippen LogP contribution in [0.1, 0.15) is 37.6 Å². The first-order chi connectivity index (χ1) is 12.5. The van der Waals surface area contributed by atoms with Crippen LogP contribution >= 0.6 is 0 Å². The monoisotopic (exact) mass is 349 g/mol. The quantitative estimate of drug-likeness (QED) is 0.659. The van der Waals surface area contributed by atoms with Gasteiger partial charge in [-0.25, -0.2) is 0 Å². The van der Waals surface area contributed by atoms with Gasteiger partial charge in [-0.1, -0.05) is 61.5 Å². The van der Waals surface area contributed by atoms with Crippen molar-refractivity contribution in [3.05, 3.63) is 66.1 Å². The Hall–Kier alpha value is -2.95. The molecule has 5 heteroatoms. The highest BCUT2D eigenvalue weighted by molar-refractivity contribution is 5.92. The second-order valence-electron chi connectivity index (χ2n) is 6.58. The number of carbonyl (C=O) groups is 1. The van der Waals surface area contributed by atoms with Gasteiger partial charge >= 0.3 is 0 Å². The van der Waals surface area contributed by atoms with E-state index in [2.05, 4.69) is 36.1 Å². The molecule has 0 atom stereocenters. The summed E-state index contributed by atoms with van der Waals surface area (Å²) in [6, 6.07) is 17.7. The van der Waals surface area contributed by atoms with E-state index in [1.54, 1.807) is 11.9 Å². The number of nitrogens with zero attached hydrogens (tertiary/aromatic N) is 3. The van der Waals surface area contributed by atoms with Gasteiger partial charge in [0.15, 0.2) is 0 Å². The summed E-state index contributed by atoms with van der Waals surface area (Å²) >= 11 is 0. The molecule has 5 nitrogen and oxygen atoms in total. The number of aryl methyl sites for hydroxylation is 1. The predicted molar refractivity (Wildman–Crippen MR) is 102 cm³/mol. The van der Waals surface area contributed by atoms with Crippen molar-refractivity contribution in [2.45, 2.75) is 32.6 Å². The van der Waals surface area contributed by atoms with Gasteiger partial charge in [0.1, 0.15) is 0 Å². The second kappa shape index (κ2) is 7.95. The molecule has 0 saturated carbocycles. The third kappa shape index (κ3) is 4.17. The van der Waals surface area contributed by atoms with E-state index < -0.39 is 0 Å². The lowest BCUT2D eigenvalue weighted by Gasteiger charge is -2.16. The highest BCUT2D eigenvalue weighted by Crippen LogP contribution is 2.21. The Morgan fingerprint density at radius 3 is 2.42 bits per heavy atom. The van der Waals surface area contributed by atoms with Crippen LogP contribution in [-0.2, 0) is 11.2 Å². The minimum Gasteiger partial charge on any atom is -0.339 e. The molecule has 1 heterocycles. The number of carbonyl (C=O) groups excluding carboxylic acids is 1. The summed E-state index contributed by atoms with van der Waals surface area (Å²) in [5.41, 5.74) is 3.05. The molecule has 0 radical (unpaired) electrons. The number of para-hydroxylation sites is 1. The predicted octanol–water partition coefficient (Wildman–Crippen LogP) is 4.46. The summed E-state index contributed by atoms with van der Waals surface area (Å²) in [5, 5.41) is 4.03. The molecule has 1 amide bonds. The van der Waals surface area contributed by atoms with Gasteiger partial charge < -0.3 is 9.42 Å². The fraction of sp³-hybridized carbons (Fsp3) is 0.286. The summed E-state index contributed by atoms with van der Waals surface area (Å²) in [5.74, 6) is 1.52. The number of aromatic nitrogens is 2. The Morgan fingerprint density at radius 2 is 1.77 bits per heavy atom.